The minimum absolute atomic E-state index is 0.173. The molecule has 0 aromatic heterocycles. The number of amides is 1. The molecule has 0 saturated heterocycles. The second-order valence-electron chi connectivity index (χ2n) is 3.34. The fourth-order valence-electron chi connectivity index (χ4n) is 1.52. The minimum atomic E-state index is -0.707. The lowest BCUT2D eigenvalue weighted by atomic mass is 9.76. The van der Waals surface area contributed by atoms with Gasteiger partial charge < -0.3 is 10.1 Å². The third-order valence-electron chi connectivity index (χ3n) is 2.29. The van der Waals surface area contributed by atoms with E-state index in [1.54, 1.807) is 6.92 Å². The maximum atomic E-state index is 11.4. The molecule has 1 amide bonds. The van der Waals surface area contributed by atoms with Gasteiger partial charge in [0, 0.05) is 6.92 Å². The van der Waals surface area contributed by atoms with Crippen molar-refractivity contribution < 1.29 is 14.3 Å². The van der Waals surface area contributed by atoms with E-state index in [1.807, 2.05) is 0 Å². The zero-order chi connectivity index (χ0) is 9.90. The van der Waals surface area contributed by atoms with Gasteiger partial charge in [0.25, 0.3) is 0 Å². The Kier molecular flexibility index (Phi) is 2.90. The van der Waals surface area contributed by atoms with E-state index in [-0.39, 0.29) is 11.9 Å². The van der Waals surface area contributed by atoms with Gasteiger partial charge in [0.15, 0.2) is 0 Å². The summed E-state index contributed by atoms with van der Waals surface area (Å²) >= 11 is 0. The number of hydrogen-bond donors (Lipinski definition) is 1. The van der Waals surface area contributed by atoms with Gasteiger partial charge in [-0.3, -0.25) is 4.79 Å². The third-order valence-corrected chi connectivity index (χ3v) is 2.29. The van der Waals surface area contributed by atoms with E-state index in [0.29, 0.717) is 19.4 Å². The van der Waals surface area contributed by atoms with Gasteiger partial charge in [-0.25, -0.2) is 4.79 Å². The number of hydrogen-bond acceptors (Lipinski definition) is 3. The molecule has 1 fully saturated rings. The van der Waals surface area contributed by atoms with Crippen LogP contribution >= 0.6 is 0 Å². The van der Waals surface area contributed by atoms with Crippen molar-refractivity contribution in [1.29, 1.82) is 0 Å². The second-order valence-corrected chi connectivity index (χ2v) is 3.34. The number of rotatable bonds is 3. The van der Waals surface area contributed by atoms with Gasteiger partial charge in [0.1, 0.15) is 5.54 Å². The molecule has 0 aromatic rings. The van der Waals surface area contributed by atoms with Crippen molar-refractivity contribution in [3.63, 3.8) is 0 Å². The van der Waals surface area contributed by atoms with E-state index >= 15 is 0 Å². The van der Waals surface area contributed by atoms with Crippen LogP contribution in [0.2, 0.25) is 0 Å². The first kappa shape index (κ1) is 10.0. The molecule has 0 bridgehead atoms. The van der Waals surface area contributed by atoms with Gasteiger partial charge in [0.2, 0.25) is 5.91 Å². The number of ether oxygens (including phenoxy) is 1. The molecule has 4 heteroatoms. The maximum Gasteiger partial charge on any atom is 0.331 e. The average molecular weight is 185 g/mol. The lowest BCUT2D eigenvalue weighted by Gasteiger charge is -2.39. The molecular weight excluding hydrogens is 170 g/mol. The first-order valence-corrected chi connectivity index (χ1v) is 4.57. The van der Waals surface area contributed by atoms with Crippen LogP contribution in [0.5, 0.6) is 0 Å². The SMILES string of the molecule is CCOC(=O)C1(NC(C)=O)CCC1. The van der Waals surface area contributed by atoms with E-state index < -0.39 is 5.54 Å². The molecule has 74 valence electrons. The highest BCUT2D eigenvalue weighted by molar-refractivity contribution is 5.88. The largest absolute Gasteiger partial charge is 0.464 e. The Hall–Kier alpha value is -1.06. The van der Waals surface area contributed by atoms with Crippen LogP contribution < -0.4 is 5.32 Å². The normalized spacial score (nSPS) is 18.6. The number of nitrogens with one attached hydrogen (secondary N) is 1. The highest BCUT2D eigenvalue weighted by Gasteiger charge is 2.46. The van der Waals surface area contributed by atoms with Gasteiger partial charge >= 0.3 is 5.97 Å². The lowest BCUT2D eigenvalue weighted by molar-refractivity contribution is -0.157. The standard InChI is InChI=1S/C9H15NO3/c1-3-13-8(12)9(5-4-6-9)10-7(2)11/h3-6H2,1-2H3,(H,10,11). The van der Waals surface area contributed by atoms with Crippen molar-refractivity contribution in [3.05, 3.63) is 0 Å². The van der Waals surface area contributed by atoms with Crippen molar-refractivity contribution in [3.8, 4) is 0 Å². The van der Waals surface area contributed by atoms with E-state index in [4.69, 9.17) is 4.74 Å². The summed E-state index contributed by atoms with van der Waals surface area (Å²) in [5, 5.41) is 2.66. The monoisotopic (exact) mass is 185 g/mol. The fraction of sp³-hybridized carbons (Fsp3) is 0.778. The summed E-state index contributed by atoms with van der Waals surface area (Å²) in [6.45, 7) is 3.54. The molecule has 0 spiro atoms. The van der Waals surface area contributed by atoms with Crippen molar-refractivity contribution in [2.75, 3.05) is 6.61 Å². The summed E-state index contributed by atoms with van der Waals surface area (Å²) in [6, 6.07) is 0. The Morgan fingerprint density at radius 3 is 2.38 bits per heavy atom. The molecule has 0 radical (unpaired) electrons. The van der Waals surface area contributed by atoms with Gasteiger partial charge in [0.05, 0.1) is 6.61 Å². The van der Waals surface area contributed by atoms with Crippen molar-refractivity contribution in [2.45, 2.75) is 38.6 Å². The molecule has 1 rings (SSSR count). The zero-order valence-electron chi connectivity index (χ0n) is 8.05. The highest BCUT2D eigenvalue weighted by atomic mass is 16.5. The fourth-order valence-corrected chi connectivity index (χ4v) is 1.52. The molecule has 0 aromatic carbocycles. The predicted molar refractivity (Wildman–Crippen MR) is 47.0 cm³/mol. The van der Waals surface area contributed by atoms with Crippen LogP contribution in [-0.2, 0) is 14.3 Å². The number of carbonyl (C=O) groups excluding carboxylic acids is 2. The van der Waals surface area contributed by atoms with Crippen molar-refractivity contribution in [2.24, 2.45) is 0 Å². The molecule has 1 N–H and O–H groups in total. The van der Waals surface area contributed by atoms with Gasteiger partial charge in [-0.1, -0.05) is 0 Å². The Balaban J connectivity index is 2.58. The highest BCUT2D eigenvalue weighted by Crippen LogP contribution is 2.32. The van der Waals surface area contributed by atoms with E-state index in [2.05, 4.69) is 5.32 Å². The first-order chi connectivity index (χ1) is 6.10. The summed E-state index contributed by atoms with van der Waals surface area (Å²) in [7, 11) is 0. The van der Waals surface area contributed by atoms with Gasteiger partial charge in [-0.15, -0.1) is 0 Å². The molecule has 0 unspecified atom stereocenters. The molecule has 0 aliphatic heterocycles. The quantitative estimate of drug-likeness (QED) is 0.655. The zero-order valence-corrected chi connectivity index (χ0v) is 8.05. The summed E-state index contributed by atoms with van der Waals surface area (Å²) in [6.07, 6.45) is 2.37. The van der Waals surface area contributed by atoms with Gasteiger partial charge in [-0.05, 0) is 26.2 Å². The number of carbonyl (C=O) groups is 2. The van der Waals surface area contributed by atoms with Crippen LogP contribution in [0.3, 0.4) is 0 Å². The van der Waals surface area contributed by atoms with Crippen molar-refractivity contribution >= 4 is 11.9 Å². The Bertz CT molecular complexity index is 221. The summed E-state index contributed by atoms with van der Waals surface area (Å²) in [5.41, 5.74) is -0.707. The van der Waals surface area contributed by atoms with E-state index in [1.165, 1.54) is 6.92 Å². The Labute approximate surface area is 77.6 Å². The van der Waals surface area contributed by atoms with Crippen LogP contribution in [-0.4, -0.2) is 24.0 Å². The molecule has 1 aliphatic rings. The van der Waals surface area contributed by atoms with Crippen LogP contribution in [0.15, 0.2) is 0 Å². The van der Waals surface area contributed by atoms with Crippen LogP contribution in [0.4, 0.5) is 0 Å². The molecule has 1 aliphatic carbocycles. The molecule has 0 heterocycles. The lowest BCUT2D eigenvalue weighted by Crippen LogP contribution is -2.59. The predicted octanol–water partition coefficient (Wildman–Crippen LogP) is 0.608. The summed E-state index contributed by atoms with van der Waals surface area (Å²) in [5.74, 6) is -0.468. The van der Waals surface area contributed by atoms with Crippen LogP contribution in [0.1, 0.15) is 33.1 Å². The van der Waals surface area contributed by atoms with Crippen LogP contribution in [0, 0.1) is 0 Å². The van der Waals surface area contributed by atoms with Gasteiger partial charge in [-0.2, -0.15) is 0 Å². The first-order valence-electron chi connectivity index (χ1n) is 4.57. The Morgan fingerprint density at radius 2 is 2.08 bits per heavy atom. The molecule has 0 atom stereocenters. The summed E-state index contributed by atoms with van der Waals surface area (Å²) in [4.78, 5) is 22.3. The molecule has 1 saturated carbocycles. The Morgan fingerprint density at radius 1 is 1.46 bits per heavy atom. The molecule has 4 nitrogen and oxygen atoms in total. The van der Waals surface area contributed by atoms with E-state index in [0.717, 1.165) is 6.42 Å². The van der Waals surface area contributed by atoms with Crippen LogP contribution in [0.25, 0.3) is 0 Å². The van der Waals surface area contributed by atoms with Crippen molar-refractivity contribution in [1.82, 2.24) is 5.32 Å². The van der Waals surface area contributed by atoms with E-state index in [9.17, 15) is 9.59 Å². The average Bonchev–Trinajstić information content (AvgIpc) is 1.96. The minimum Gasteiger partial charge on any atom is -0.464 e. The second kappa shape index (κ2) is 3.77. The molecule has 13 heavy (non-hydrogen) atoms. The number of esters is 1. The molecular formula is C9H15NO3. The maximum absolute atomic E-state index is 11.4. The third kappa shape index (κ3) is 1.99. The smallest absolute Gasteiger partial charge is 0.331 e. The topological polar surface area (TPSA) is 55.4 Å². The summed E-state index contributed by atoms with van der Waals surface area (Å²) < 4.78 is 4.90.